The van der Waals surface area contributed by atoms with Crippen LogP contribution in [-0.4, -0.2) is 38.3 Å². The second-order valence-corrected chi connectivity index (χ2v) is 9.29. The molecule has 4 heterocycles. The van der Waals surface area contributed by atoms with Crippen LogP contribution in [0.25, 0.3) is 28.2 Å². The summed E-state index contributed by atoms with van der Waals surface area (Å²) in [5.41, 5.74) is -0.272. The van der Waals surface area contributed by atoms with Gasteiger partial charge in [0.1, 0.15) is 16.1 Å². The summed E-state index contributed by atoms with van der Waals surface area (Å²) < 4.78 is 68.1. The van der Waals surface area contributed by atoms with Crippen molar-refractivity contribution < 1.29 is 21.6 Å². The monoisotopic (exact) mass is 487 g/mol. The molecule has 12 heteroatoms. The molecule has 4 aromatic rings. The molecular formula is C17H13BrF3N5O2S. The number of nitrogens with zero attached hydrogens (tertiary/aromatic N) is 5. The SMILES string of the molecule is CCS(=O)(=O)c1c(Br)c2ccccn2c1-c1nc2cc(C(F)(F)F)nnc2n1C. The van der Waals surface area contributed by atoms with Gasteiger partial charge in [0.05, 0.1) is 15.7 Å². The number of pyridine rings is 1. The van der Waals surface area contributed by atoms with Crippen LogP contribution in [-0.2, 0) is 23.1 Å². The Labute approximate surface area is 171 Å². The van der Waals surface area contributed by atoms with Crippen LogP contribution in [0.3, 0.4) is 0 Å². The molecule has 0 aliphatic carbocycles. The van der Waals surface area contributed by atoms with E-state index in [0.29, 0.717) is 9.99 Å². The van der Waals surface area contributed by atoms with Gasteiger partial charge in [-0.25, -0.2) is 13.4 Å². The number of hydrogen-bond acceptors (Lipinski definition) is 5. The van der Waals surface area contributed by atoms with E-state index in [4.69, 9.17) is 0 Å². The summed E-state index contributed by atoms with van der Waals surface area (Å²) in [6.45, 7) is 1.52. The Morgan fingerprint density at radius 3 is 2.59 bits per heavy atom. The van der Waals surface area contributed by atoms with Gasteiger partial charge in [0.25, 0.3) is 0 Å². The van der Waals surface area contributed by atoms with Crippen molar-refractivity contribution in [2.45, 2.75) is 18.0 Å². The summed E-state index contributed by atoms with van der Waals surface area (Å²) in [5.74, 6) is 0.00446. The molecule has 0 saturated carbocycles. The Bertz CT molecular complexity index is 1380. The average molecular weight is 488 g/mol. The first-order valence-electron chi connectivity index (χ1n) is 8.35. The largest absolute Gasteiger partial charge is 0.435 e. The van der Waals surface area contributed by atoms with Crippen LogP contribution < -0.4 is 0 Å². The molecule has 0 bridgehead atoms. The van der Waals surface area contributed by atoms with E-state index in [-0.39, 0.29) is 33.3 Å². The highest BCUT2D eigenvalue weighted by atomic mass is 79.9. The first-order chi connectivity index (χ1) is 13.6. The number of halogens is 4. The van der Waals surface area contributed by atoms with Crippen molar-refractivity contribution in [2.24, 2.45) is 7.05 Å². The first-order valence-corrected chi connectivity index (χ1v) is 10.8. The molecule has 0 spiro atoms. The van der Waals surface area contributed by atoms with Crippen LogP contribution in [0.4, 0.5) is 13.2 Å². The number of alkyl halides is 3. The zero-order chi connectivity index (χ0) is 21.1. The van der Waals surface area contributed by atoms with Crippen LogP contribution in [0, 0.1) is 0 Å². The van der Waals surface area contributed by atoms with Gasteiger partial charge in [-0.05, 0) is 28.1 Å². The van der Waals surface area contributed by atoms with Crippen LogP contribution in [0.5, 0.6) is 0 Å². The summed E-state index contributed by atoms with van der Waals surface area (Å²) in [6.07, 6.45) is -3.00. The molecule has 0 amide bonds. The fourth-order valence-corrected chi connectivity index (χ4v) is 5.52. The third kappa shape index (κ3) is 3.01. The molecule has 4 rings (SSSR count). The Morgan fingerprint density at radius 2 is 1.93 bits per heavy atom. The fraction of sp³-hybridized carbons (Fsp3) is 0.235. The molecule has 7 nitrogen and oxygen atoms in total. The third-order valence-electron chi connectivity index (χ3n) is 4.55. The number of aromatic nitrogens is 5. The molecular weight excluding hydrogens is 475 g/mol. The minimum absolute atomic E-state index is 0.0219. The van der Waals surface area contributed by atoms with Gasteiger partial charge in [-0.15, -0.1) is 10.2 Å². The molecule has 0 fully saturated rings. The van der Waals surface area contributed by atoms with Gasteiger partial charge in [-0.1, -0.05) is 13.0 Å². The van der Waals surface area contributed by atoms with E-state index in [1.54, 1.807) is 35.8 Å². The van der Waals surface area contributed by atoms with Crippen molar-refractivity contribution in [1.82, 2.24) is 24.1 Å². The highest BCUT2D eigenvalue weighted by Gasteiger charge is 2.35. The topological polar surface area (TPSA) is 82.2 Å². The molecule has 0 aliphatic heterocycles. The van der Waals surface area contributed by atoms with Gasteiger partial charge < -0.3 is 8.97 Å². The van der Waals surface area contributed by atoms with Crippen molar-refractivity contribution in [3.8, 4) is 11.5 Å². The van der Waals surface area contributed by atoms with Gasteiger partial charge in [0.2, 0.25) is 0 Å². The van der Waals surface area contributed by atoms with Crippen molar-refractivity contribution >= 4 is 42.4 Å². The highest BCUT2D eigenvalue weighted by molar-refractivity contribution is 9.10. The van der Waals surface area contributed by atoms with Gasteiger partial charge >= 0.3 is 6.18 Å². The number of rotatable bonds is 3. The number of sulfone groups is 1. The molecule has 0 saturated heterocycles. The molecule has 4 aromatic heterocycles. The smallest absolute Gasteiger partial charge is 0.312 e. The van der Waals surface area contributed by atoms with E-state index in [9.17, 15) is 21.6 Å². The second-order valence-electron chi connectivity index (χ2n) is 6.28. The third-order valence-corrected chi connectivity index (χ3v) is 7.39. The number of hydrogen-bond donors (Lipinski definition) is 0. The lowest BCUT2D eigenvalue weighted by atomic mass is 10.3. The van der Waals surface area contributed by atoms with Crippen LogP contribution in [0.1, 0.15) is 12.6 Å². The average Bonchev–Trinajstić information content (AvgIpc) is 3.16. The van der Waals surface area contributed by atoms with Gasteiger partial charge in [-0.3, -0.25) is 0 Å². The van der Waals surface area contributed by atoms with Crippen LogP contribution >= 0.6 is 15.9 Å². The standard InChI is InChI=1S/C17H13BrF3N5O2S/c1-3-29(27,28)14-12(18)10-6-4-5-7-26(10)13(14)16-22-9-8-11(17(19,20)21)23-24-15(9)25(16)2/h4-8H,3H2,1-2H3. The summed E-state index contributed by atoms with van der Waals surface area (Å²) in [4.78, 5) is 4.30. The normalized spacial score (nSPS) is 12.9. The van der Waals surface area contributed by atoms with E-state index in [2.05, 4.69) is 31.1 Å². The molecule has 0 aromatic carbocycles. The maximum absolute atomic E-state index is 13.0. The summed E-state index contributed by atoms with van der Waals surface area (Å²) in [5, 5.41) is 6.88. The minimum Gasteiger partial charge on any atom is -0.312 e. The summed E-state index contributed by atoms with van der Waals surface area (Å²) in [7, 11) is -2.15. The molecule has 0 atom stereocenters. The van der Waals surface area contributed by atoms with Crippen molar-refractivity contribution in [3.63, 3.8) is 0 Å². The first kappa shape index (κ1) is 19.8. The van der Waals surface area contributed by atoms with Crippen molar-refractivity contribution in [1.29, 1.82) is 0 Å². The highest BCUT2D eigenvalue weighted by Crippen LogP contribution is 2.39. The van der Waals surface area contributed by atoms with Crippen LogP contribution in [0.15, 0.2) is 39.8 Å². The zero-order valence-electron chi connectivity index (χ0n) is 15.1. The quantitative estimate of drug-likeness (QED) is 0.438. The lowest BCUT2D eigenvalue weighted by Crippen LogP contribution is -2.09. The second kappa shape index (κ2) is 6.52. The molecule has 0 radical (unpaired) electrons. The predicted molar refractivity (Wildman–Crippen MR) is 103 cm³/mol. The Balaban J connectivity index is 2.11. The maximum Gasteiger partial charge on any atom is 0.435 e. The minimum atomic E-state index is -4.67. The Hall–Kier alpha value is -2.47. The van der Waals surface area contributed by atoms with Crippen molar-refractivity contribution in [2.75, 3.05) is 5.75 Å². The lowest BCUT2D eigenvalue weighted by molar-refractivity contribution is -0.141. The number of fused-ring (bicyclic) bond motifs is 2. The summed E-state index contributed by atoms with van der Waals surface area (Å²) >= 11 is 3.37. The summed E-state index contributed by atoms with van der Waals surface area (Å²) in [6, 6.07) is 5.99. The van der Waals surface area contributed by atoms with Crippen molar-refractivity contribution in [3.05, 3.63) is 40.6 Å². The molecule has 0 aliphatic rings. The predicted octanol–water partition coefficient (Wildman–Crippen LogP) is 3.86. The zero-order valence-corrected chi connectivity index (χ0v) is 17.5. The molecule has 29 heavy (non-hydrogen) atoms. The van der Waals surface area contributed by atoms with E-state index < -0.39 is 21.7 Å². The van der Waals surface area contributed by atoms with E-state index in [0.717, 1.165) is 6.07 Å². The van der Waals surface area contributed by atoms with E-state index in [1.807, 2.05) is 0 Å². The van der Waals surface area contributed by atoms with E-state index >= 15 is 0 Å². The van der Waals surface area contributed by atoms with Crippen LogP contribution in [0.2, 0.25) is 0 Å². The number of aryl methyl sites for hydroxylation is 1. The lowest BCUT2D eigenvalue weighted by Gasteiger charge is -2.07. The Morgan fingerprint density at radius 1 is 1.21 bits per heavy atom. The fourth-order valence-electron chi connectivity index (χ4n) is 3.12. The molecule has 152 valence electrons. The van der Waals surface area contributed by atoms with Gasteiger partial charge in [0, 0.05) is 19.3 Å². The van der Waals surface area contributed by atoms with Gasteiger partial charge in [-0.2, -0.15) is 13.2 Å². The number of imidazole rings is 1. The van der Waals surface area contributed by atoms with E-state index in [1.165, 1.54) is 11.5 Å². The van der Waals surface area contributed by atoms with Gasteiger partial charge in [0.15, 0.2) is 27.0 Å². The molecule has 0 unspecified atom stereocenters. The maximum atomic E-state index is 13.0. The Kier molecular flexibility index (Phi) is 4.46. The molecule has 0 N–H and O–H groups in total.